The van der Waals surface area contributed by atoms with Crippen LogP contribution in [0.4, 0.5) is 5.69 Å². The van der Waals surface area contributed by atoms with Gasteiger partial charge in [-0.05, 0) is 36.2 Å². The number of hydrogen-bond acceptors (Lipinski definition) is 5. The molecule has 0 unspecified atom stereocenters. The fraction of sp³-hybridized carbons (Fsp3) is 0.360. The Hall–Kier alpha value is -3.30. The molecular weight excluding hydrogens is 392 g/mol. The summed E-state index contributed by atoms with van der Waals surface area (Å²) >= 11 is 0. The van der Waals surface area contributed by atoms with Crippen LogP contribution in [0.2, 0.25) is 0 Å². The van der Waals surface area contributed by atoms with Gasteiger partial charge in [0.15, 0.2) is 0 Å². The Morgan fingerprint density at radius 1 is 1.32 bits per heavy atom. The Morgan fingerprint density at radius 2 is 2.06 bits per heavy atom. The third-order valence-corrected chi connectivity index (χ3v) is 5.27. The molecule has 6 nitrogen and oxygen atoms in total. The van der Waals surface area contributed by atoms with Gasteiger partial charge in [0.25, 0.3) is 0 Å². The highest BCUT2D eigenvalue weighted by Gasteiger charge is 2.33. The monoisotopic (exact) mass is 420 g/mol. The summed E-state index contributed by atoms with van der Waals surface area (Å²) < 4.78 is 11.2. The number of rotatable bonds is 10. The summed E-state index contributed by atoms with van der Waals surface area (Å²) in [6.07, 6.45) is 1.32. The number of hydrogen-bond donors (Lipinski definition) is 3. The number of carboxylic acid groups (broad SMARTS) is 1. The molecule has 1 heterocycles. The standard InChI is InChI=1S/C25H28N2O4/c1-3-4-20(12-24(28)29)19-7-9-22(10-8-19)31-14-18-5-6-21(13-26)23(11-18)27-15-25(2)16-30-17-25/h5-11,13,20,26-27H,12,14-17H2,1-2H3,(H,28,29)/t20-/m0/s1. The molecule has 0 bridgehead atoms. The van der Waals surface area contributed by atoms with E-state index in [0.717, 1.165) is 42.1 Å². The summed E-state index contributed by atoms with van der Waals surface area (Å²) in [6.45, 7) is 6.56. The van der Waals surface area contributed by atoms with E-state index in [1.807, 2.05) is 42.5 Å². The molecule has 0 aromatic heterocycles. The lowest BCUT2D eigenvalue weighted by atomic mass is 9.88. The molecule has 1 aliphatic heterocycles. The van der Waals surface area contributed by atoms with Crippen molar-refractivity contribution in [2.45, 2.75) is 32.8 Å². The van der Waals surface area contributed by atoms with E-state index < -0.39 is 5.97 Å². The number of aliphatic carboxylic acids is 1. The average molecular weight is 421 g/mol. The molecule has 0 saturated carbocycles. The minimum Gasteiger partial charge on any atom is -0.489 e. The van der Waals surface area contributed by atoms with Crippen LogP contribution in [0.5, 0.6) is 5.75 Å². The highest BCUT2D eigenvalue weighted by molar-refractivity contribution is 5.86. The topological polar surface area (TPSA) is 91.6 Å². The summed E-state index contributed by atoms with van der Waals surface area (Å²) in [7, 11) is 0. The number of carboxylic acids is 1. The van der Waals surface area contributed by atoms with Crippen LogP contribution in [-0.4, -0.2) is 37.0 Å². The molecule has 1 fully saturated rings. The Labute approximate surface area is 183 Å². The van der Waals surface area contributed by atoms with Gasteiger partial charge in [0.2, 0.25) is 0 Å². The molecule has 0 radical (unpaired) electrons. The number of benzene rings is 2. The van der Waals surface area contributed by atoms with Gasteiger partial charge in [0.1, 0.15) is 12.4 Å². The van der Waals surface area contributed by atoms with Crippen LogP contribution in [0.15, 0.2) is 42.5 Å². The minimum atomic E-state index is -0.871. The van der Waals surface area contributed by atoms with Crippen molar-refractivity contribution in [1.29, 1.82) is 5.41 Å². The van der Waals surface area contributed by atoms with E-state index in [4.69, 9.17) is 20.0 Å². The first-order chi connectivity index (χ1) is 14.9. The maximum atomic E-state index is 11.1. The van der Waals surface area contributed by atoms with Crippen molar-refractivity contribution in [2.75, 3.05) is 25.1 Å². The molecule has 1 aliphatic rings. The Bertz CT molecular complexity index is 985. The van der Waals surface area contributed by atoms with E-state index in [-0.39, 0.29) is 17.8 Å². The van der Waals surface area contributed by atoms with E-state index in [2.05, 4.69) is 24.1 Å². The second kappa shape index (κ2) is 10.1. The van der Waals surface area contributed by atoms with Gasteiger partial charge in [-0.3, -0.25) is 4.79 Å². The van der Waals surface area contributed by atoms with Crippen LogP contribution in [0, 0.1) is 22.7 Å². The summed E-state index contributed by atoms with van der Waals surface area (Å²) in [5.74, 6) is 5.25. The molecule has 31 heavy (non-hydrogen) atoms. The maximum Gasteiger partial charge on any atom is 0.304 e. The van der Waals surface area contributed by atoms with Crippen molar-refractivity contribution in [3.8, 4) is 17.6 Å². The molecule has 0 spiro atoms. The summed E-state index contributed by atoms with van der Waals surface area (Å²) in [5, 5.41) is 20.2. The van der Waals surface area contributed by atoms with Gasteiger partial charge in [-0.1, -0.05) is 37.1 Å². The second-order valence-corrected chi connectivity index (χ2v) is 8.13. The van der Waals surface area contributed by atoms with Crippen molar-refractivity contribution in [2.24, 2.45) is 5.41 Å². The first kappa shape index (κ1) is 22.4. The van der Waals surface area contributed by atoms with Gasteiger partial charge in [-0.25, -0.2) is 0 Å². The lowest BCUT2D eigenvalue weighted by molar-refractivity contribution is -0.137. The fourth-order valence-electron chi connectivity index (χ4n) is 3.40. The van der Waals surface area contributed by atoms with Crippen LogP contribution in [0.25, 0.3) is 0 Å². The predicted octanol–water partition coefficient (Wildman–Crippen LogP) is 4.29. The van der Waals surface area contributed by atoms with E-state index in [0.29, 0.717) is 12.4 Å². The second-order valence-electron chi connectivity index (χ2n) is 8.13. The summed E-state index contributed by atoms with van der Waals surface area (Å²) in [5.41, 5.74) is 3.73. The molecule has 0 amide bonds. The molecule has 2 aromatic rings. The molecule has 3 rings (SSSR count). The largest absolute Gasteiger partial charge is 0.489 e. The molecular formula is C25H28N2O4. The van der Waals surface area contributed by atoms with E-state index in [9.17, 15) is 4.79 Å². The zero-order valence-electron chi connectivity index (χ0n) is 17.9. The summed E-state index contributed by atoms with van der Waals surface area (Å²) in [4.78, 5) is 11.1. The van der Waals surface area contributed by atoms with Crippen molar-refractivity contribution in [3.05, 3.63) is 59.2 Å². The molecule has 162 valence electrons. The van der Waals surface area contributed by atoms with Gasteiger partial charge in [-0.15, -0.1) is 5.92 Å². The molecule has 3 N–H and O–H groups in total. The van der Waals surface area contributed by atoms with Crippen LogP contribution in [0.1, 0.15) is 42.9 Å². The van der Waals surface area contributed by atoms with Crippen LogP contribution in [0.3, 0.4) is 0 Å². The number of nitrogens with one attached hydrogen (secondary N) is 2. The van der Waals surface area contributed by atoms with Gasteiger partial charge < -0.3 is 25.3 Å². The average Bonchev–Trinajstić information content (AvgIpc) is 2.74. The first-order valence-electron chi connectivity index (χ1n) is 10.2. The lowest BCUT2D eigenvalue weighted by Crippen LogP contribution is -2.45. The maximum absolute atomic E-state index is 11.1. The first-order valence-corrected chi connectivity index (χ1v) is 10.2. The molecule has 0 aliphatic carbocycles. The molecule has 1 atom stereocenters. The molecule has 6 heteroatoms. The lowest BCUT2D eigenvalue weighted by Gasteiger charge is -2.38. The van der Waals surface area contributed by atoms with Crippen molar-refractivity contribution in [3.63, 3.8) is 0 Å². The molecule has 1 saturated heterocycles. The zero-order valence-corrected chi connectivity index (χ0v) is 17.9. The van der Waals surface area contributed by atoms with Gasteiger partial charge >= 0.3 is 5.97 Å². The Balaban J connectivity index is 1.63. The fourth-order valence-corrected chi connectivity index (χ4v) is 3.40. The normalized spacial score (nSPS) is 15.0. The van der Waals surface area contributed by atoms with Gasteiger partial charge in [-0.2, -0.15) is 0 Å². The number of anilines is 1. The van der Waals surface area contributed by atoms with E-state index in [1.54, 1.807) is 6.92 Å². The third kappa shape index (κ3) is 6.09. The van der Waals surface area contributed by atoms with Crippen molar-refractivity contribution >= 4 is 17.9 Å². The highest BCUT2D eigenvalue weighted by Crippen LogP contribution is 2.28. The Morgan fingerprint density at radius 3 is 2.65 bits per heavy atom. The minimum absolute atomic E-state index is 0.0264. The smallest absolute Gasteiger partial charge is 0.304 e. The predicted molar refractivity (Wildman–Crippen MR) is 121 cm³/mol. The summed E-state index contributed by atoms with van der Waals surface area (Å²) in [6, 6.07) is 13.3. The van der Waals surface area contributed by atoms with Crippen LogP contribution < -0.4 is 10.1 Å². The SMILES string of the molecule is CC#C[C@@H](CC(=O)O)c1ccc(OCc2ccc(C=N)c(NCC3(C)COC3)c2)cc1. The van der Waals surface area contributed by atoms with Gasteiger partial charge in [0.05, 0.1) is 25.6 Å². The highest BCUT2D eigenvalue weighted by atomic mass is 16.5. The zero-order chi connectivity index (χ0) is 22.3. The molecule has 2 aromatic carbocycles. The van der Waals surface area contributed by atoms with Crippen molar-refractivity contribution in [1.82, 2.24) is 0 Å². The third-order valence-electron chi connectivity index (χ3n) is 5.27. The van der Waals surface area contributed by atoms with Crippen LogP contribution >= 0.6 is 0 Å². The quantitative estimate of drug-likeness (QED) is 0.394. The van der Waals surface area contributed by atoms with Gasteiger partial charge in [0, 0.05) is 29.4 Å². The van der Waals surface area contributed by atoms with Crippen LogP contribution in [-0.2, 0) is 16.1 Å². The number of carbonyl (C=O) groups is 1. The Kier molecular flexibility index (Phi) is 7.32. The van der Waals surface area contributed by atoms with E-state index in [1.165, 1.54) is 6.21 Å². The number of ether oxygens (including phenoxy) is 2. The van der Waals surface area contributed by atoms with E-state index >= 15 is 0 Å². The van der Waals surface area contributed by atoms with Crippen molar-refractivity contribution < 1.29 is 19.4 Å².